The molecule has 2 amide bonds. The average molecular weight is 589 g/mol. The summed E-state index contributed by atoms with van der Waals surface area (Å²) in [6.45, 7) is 6.64. The summed E-state index contributed by atoms with van der Waals surface area (Å²) in [7, 11) is 1.62. The van der Waals surface area contributed by atoms with Gasteiger partial charge in [0.2, 0.25) is 11.8 Å². The number of carbonyl (C=O) groups is 2. The number of hydrogen-bond acceptors (Lipinski definition) is 8. The molecule has 1 aromatic heterocycles. The van der Waals surface area contributed by atoms with E-state index >= 15 is 0 Å². The molecule has 0 aliphatic carbocycles. The number of rotatable bonds is 6. The number of morpholine rings is 1. The van der Waals surface area contributed by atoms with Crippen LogP contribution in [0.3, 0.4) is 0 Å². The van der Waals surface area contributed by atoms with Crippen LogP contribution in [0.25, 0.3) is 17.1 Å². The zero-order chi connectivity index (χ0) is 29.8. The lowest BCUT2D eigenvalue weighted by Gasteiger charge is -2.34. The zero-order valence-electron chi connectivity index (χ0n) is 24.7. The smallest absolute Gasteiger partial charge is 0.231 e. The van der Waals surface area contributed by atoms with Crippen molar-refractivity contribution in [3.63, 3.8) is 0 Å². The number of amides is 2. The van der Waals surface area contributed by atoms with E-state index in [0.29, 0.717) is 37.7 Å². The number of imidazole rings is 1. The van der Waals surface area contributed by atoms with Gasteiger partial charge in [-0.15, -0.1) is 0 Å². The van der Waals surface area contributed by atoms with Crippen molar-refractivity contribution in [2.45, 2.75) is 25.9 Å². The summed E-state index contributed by atoms with van der Waals surface area (Å²) in [4.78, 5) is 36.7. The number of fused-ring (bicyclic) bond motifs is 7. The number of hydrogen-bond donors (Lipinski definition) is 1. The van der Waals surface area contributed by atoms with Gasteiger partial charge in [-0.1, -0.05) is 6.07 Å². The van der Waals surface area contributed by atoms with Gasteiger partial charge in [0.05, 0.1) is 39.3 Å². The van der Waals surface area contributed by atoms with E-state index in [-0.39, 0.29) is 24.3 Å². The highest BCUT2D eigenvalue weighted by atomic mass is 16.5. The van der Waals surface area contributed by atoms with E-state index in [1.807, 2.05) is 34.2 Å². The lowest BCUT2D eigenvalue weighted by molar-refractivity contribution is -0.139. The molecule has 6 rings (SSSR count). The van der Waals surface area contributed by atoms with E-state index in [9.17, 15) is 9.59 Å². The summed E-state index contributed by atoms with van der Waals surface area (Å²) in [5.41, 5.74) is 9.59. The van der Waals surface area contributed by atoms with Gasteiger partial charge in [-0.05, 0) is 60.8 Å². The van der Waals surface area contributed by atoms with Crippen molar-refractivity contribution in [3.05, 3.63) is 59.9 Å². The molecular weight excluding hydrogens is 548 g/mol. The van der Waals surface area contributed by atoms with Crippen LogP contribution in [-0.2, 0) is 27.4 Å². The molecule has 1 unspecified atom stereocenters. The molecule has 4 bridgehead atoms. The monoisotopic (exact) mass is 588 g/mol. The van der Waals surface area contributed by atoms with E-state index in [1.54, 1.807) is 13.3 Å². The minimum atomic E-state index is -0.372. The molecule has 2 fully saturated rings. The van der Waals surface area contributed by atoms with Crippen LogP contribution in [0.2, 0.25) is 0 Å². The number of likely N-dealkylation sites (tertiary alicyclic amines) is 1. The van der Waals surface area contributed by atoms with Crippen molar-refractivity contribution >= 4 is 11.8 Å². The Morgan fingerprint density at radius 2 is 1.91 bits per heavy atom. The maximum Gasteiger partial charge on any atom is 0.231 e. The summed E-state index contributed by atoms with van der Waals surface area (Å²) in [6, 6.07) is 12.4. The number of benzene rings is 2. The van der Waals surface area contributed by atoms with Gasteiger partial charge in [-0.2, -0.15) is 0 Å². The van der Waals surface area contributed by atoms with Gasteiger partial charge in [0.25, 0.3) is 0 Å². The van der Waals surface area contributed by atoms with Crippen molar-refractivity contribution in [3.8, 4) is 28.6 Å². The molecule has 3 aliphatic rings. The molecule has 0 spiro atoms. The Kier molecular flexibility index (Phi) is 8.92. The highest BCUT2D eigenvalue weighted by Crippen LogP contribution is 2.34. The highest BCUT2D eigenvalue weighted by molar-refractivity contribution is 5.80. The standard InChI is InChI=1S/C32H40N6O5/c1-41-28-5-4-25-18-29(28)43-14-11-37(32(40)26-3-2-7-36(21-26)22-30(33)39)20-24-15-23(19-35-9-12-42-13-10-35)16-27(17-24)38-8-6-34-31(25)38/h4-6,8,15-18,26H,2-3,7,9-14,19-22H2,1H3,(H2,33,39). The van der Waals surface area contributed by atoms with Crippen LogP contribution in [0.15, 0.2) is 48.8 Å². The summed E-state index contributed by atoms with van der Waals surface area (Å²) >= 11 is 0. The van der Waals surface area contributed by atoms with E-state index < -0.39 is 0 Å². The first kappa shape index (κ1) is 29.2. The number of carbonyl (C=O) groups excluding carboxylic acids is 2. The first-order valence-corrected chi connectivity index (χ1v) is 15.0. The molecule has 4 heterocycles. The molecule has 0 radical (unpaired) electrons. The van der Waals surface area contributed by atoms with Crippen LogP contribution in [0, 0.1) is 5.92 Å². The number of ether oxygens (including phenoxy) is 3. The van der Waals surface area contributed by atoms with E-state index in [1.165, 1.54) is 5.56 Å². The van der Waals surface area contributed by atoms with Crippen LogP contribution < -0.4 is 15.2 Å². The Labute approximate surface area is 252 Å². The summed E-state index contributed by atoms with van der Waals surface area (Å²) < 4.78 is 19.5. The molecular formula is C32H40N6O5. The minimum Gasteiger partial charge on any atom is -0.493 e. The number of aromatic nitrogens is 2. The predicted octanol–water partition coefficient (Wildman–Crippen LogP) is 2.30. The molecule has 0 saturated carbocycles. The molecule has 3 aliphatic heterocycles. The Morgan fingerprint density at radius 3 is 2.72 bits per heavy atom. The average Bonchev–Trinajstić information content (AvgIpc) is 3.50. The summed E-state index contributed by atoms with van der Waals surface area (Å²) in [5.74, 6) is 1.51. The van der Waals surface area contributed by atoms with Gasteiger partial charge in [-0.3, -0.25) is 24.0 Å². The SMILES string of the molecule is COc1ccc2cc1OCCN(C(=O)C1CCCN(CC(N)=O)C1)Cc1cc(CN3CCOCC3)cc(c1)-n1ccnc1-2. The third-order valence-corrected chi connectivity index (χ3v) is 8.43. The Morgan fingerprint density at radius 1 is 1.05 bits per heavy atom. The largest absolute Gasteiger partial charge is 0.493 e. The highest BCUT2D eigenvalue weighted by Gasteiger charge is 2.30. The molecule has 228 valence electrons. The van der Waals surface area contributed by atoms with Crippen molar-refractivity contribution in [1.29, 1.82) is 0 Å². The third-order valence-electron chi connectivity index (χ3n) is 8.43. The van der Waals surface area contributed by atoms with E-state index in [4.69, 9.17) is 24.9 Å². The molecule has 43 heavy (non-hydrogen) atoms. The molecule has 11 nitrogen and oxygen atoms in total. The van der Waals surface area contributed by atoms with Gasteiger partial charge in [0.1, 0.15) is 12.4 Å². The number of nitrogens with zero attached hydrogens (tertiary/aromatic N) is 5. The van der Waals surface area contributed by atoms with Crippen molar-refractivity contribution < 1.29 is 23.8 Å². The molecule has 3 aromatic rings. The van der Waals surface area contributed by atoms with Gasteiger partial charge in [0, 0.05) is 56.4 Å². The van der Waals surface area contributed by atoms with Crippen LogP contribution in [0.4, 0.5) is 0 Å². The fourth-order valence-electron chi connectivity index (χ4n) is 6.37. The van der Waals surface area contributed by atoms with Crippen molar-refractivity contribution in [1.82, 2.24) is 24.3 Å². The van der Waals surface area contributed by atoms with Crippen LogP contribution in [-0.4, -0.2) is 102 Å². The topological polar surface area (TPSA) is 115 Å². The van der Waals surface area contributed by atoms with E-state index in [2.05, 4.69) is 27.7 Å². The fraction of sp³-hybridized carbons (Fsp3) is 0.469. The third kappa shape index (κ3) is 6.84. The quantitative estimate of drug-likeness (QED) is 0.467. The molecule has 2 saturated heterocycles. The summed E-state index contributed by atoms with van der Waals surface area (Å²) in [6.07, 6.45) is 5.40. The normalized spacial score (nSPS) is 19.7. The number of methoxy groups -OCH3 is 1. The number of nitrogens with two attached hydrogens (primary N) is 1. The minimum absolute atomic E-state index is 0.0665. The second-order valence-corrected chi connectivity index (χ2v) is 11.5. The Balaban J connectivity index is 1.37. The molecule has 2 aromatic carbocycles. The number of piperidine rings is 1. The zero-order valence-corrected chi connectivity index (χ0v) is 24.7. The predicted molar refractivity (Wildman–Crippen MR) is 161 cm³/mol. The maximum absolute atomic E-state index is 14.1. The van der Waals surface area contributed by atoms with Gasteiger partial charge >= 0.3 is 0 Å². The fourth-order valence-corrected chi connectivity index (χ4v) is 6.37. The van der Waals surface area contributed by atoms with E-state index in [0.717, 1.165) is 74.9 Å². The second-order valence-electron chi connectivity index (χ2n) is 11.5. The summed E-state index contributed by atoms with van der Waals surface area (Å²) in [5, 5.41) is 0. The first-order chi connectivity index (χ1) is 21.0. The molecule has 11 heteroatoms. The maximum atomic E-state index is 14.1. The second kappa shape index (κ2) is 13.2. The van der Waals surface area contributed by atoms with Crippen LogP contribution in [0.1, 0.15) is 24.0 Å². The first-order valence-electron chi connectivity index (χ1n) is 15.0. The molecule has 2 N–H and O–H groups in total. The molecule has 1 atom stereocenters. The lowest BCUT2D eigenvalue weighted by Crippen LogP contribution is -2.47. The van der Waals surface area contributed by atoms with Crippen LogP contribution >= 0.6 is 0 Å². The van der Waals surface area contributed by atoms with Gasteiger partial charge in [0.15, 0.2) is 11.5 Å². The number of primary amides is 1. The van der Waals surface area contributed by atoms with Crippen molar-refractivity contribution in [2.24, 2.45) is 11.7 Å². The Hall–Kier alpha value is -3.93. The van der Waals surface area contributed by atoms with Gasteiger partial charge in [-0.25, -0.2) is 4.98 Å². The van der Waals surface area contributed by atoms with Crippen molar-refractivity contribution in [2.75, 3.05) is 66.2 Å². The Bertz CT molecular complexity index is 1450. The van der Waals surface area contributed by atoms with Crippen LogP contribution in [0.5, 0.6) is 11.5 Å². The van der Waals surface area contributed by atoms with Gasteiger partial charge < -0.3 is 24.8 Å². The lowest BCUT2D eigenvalue weighted by atomic mass is 9.96.